The number of rotatable bonds is 1. The average Bonchev–Trinajstić information content (AvgIpc) is 2.25. The Kier molecular flexibility index (Phi) is 2.08. The Morgan fingerprint density at radius 2 is 2.06 bits per heavy atom. The Balaban J connectivity index is 2.94. The Morgan fingerprint density at radius 3 is 2.69 bits per heavy atom. The summed E-state index contributed by atoms with van der Waals surface area (Å²) in [7, 11) is 1.30. The van der Waals surface area contributed by atoms with E-state index in [0.717, 1.165) is 10.6 Å². The zero-order valence-corrected chi connectivity index (χ0v) is 8.26. The van der Waals surface area contributed by atoms with Gasteiger partial charge in [-0.3, -0.25) is 19.5 Å². The standard InChI is InChI=1S/C9H7N3O4/c1-11-8(13)6-4-5(12(15)16)2-3-7(6)10-9(11)14/h2-4H,1H3,(H,10,14). The molecule has 1 aromatic carbocycles. The van der Waals surface area contributed by atoms with Gasteiger partial charge >= 0.3 is 5.69 Å². The first-order valence-electron chi connectivity index (χ1n) is 4.38. The number of nitro benzene ring substituents is 1. The van der Waals surface area contributed by atoms with Gasteiger partial charge in [-0.25, -0.2) is 4.79 Å². The fourth-order valence-electron chi connectivity index (χ4n) is 1.40. The van der Waals surface area contributed by atoms with Crippen LogP contribution in [-0.4, -0.2) is 14.5 Å². The minimum Gasteiger partial charge on any atom is -0.307 e. The van der Waals surface area contributed by atoms with Crippen LogP contribution in [0.25, 0.3) is 10.9 Å². The van der Waals surface area contributed by atoms with Gasteiger partial charge in [0, 0.05) is 19.2 Å². The molecule has 1 aromatic heterocycles. The van der Waals surface area contributed by atoms with Crippen LogP contribution in [0.15, 0.2) is 27.8 Å². The summed E-state index contributed by atoms with van der Waals surface area (Å²) in [6.45, 7) is 0. The summed E-state index contributed by atoms with van der Waals surface area (Å²) in [5.74, 6) is 0. The van der Waals surface area contributed by atoms with E-state index in [9.17, 15) is 19.7 Å². The van der Waals surface area contributed by atoms with Crippen molar-refractivity contribution in [1.82, 2.24) is 9.55 Å². The molecule has 2 rings (SSSR count). The maximum atomic E-state index is 11.6. The summed E-state index contributed by atoms with van der Waals surface area (Å²) < 4.78 is 0.867. The lowest BCUT2D eigenvalue weighted by Crippen LogP contribution is -2.32. The van der Waals surface area contributed by atoms with Crippen LogP contribution in [0, 0.1) is 10.1 Å². The second-order valence-electron chi connectivity index (χ2n) is 3.28. The average molecular weight is 221 g/mol. The summed E-state index contributed by atoms with van der Waals surface area (Å²) in [5.41, 5.74) is -0.996. The number of hydrogen-bond acceptors (Lipinski definition) is 4. The molecule has 16 heavy (non-hydrogen) atoms. The molecular formula is C9H7N3O4. The molecule has 0 saturated carbocycles. The van der Waals surface area contributed by atoms with Crippen LogP contribution in [-0.2, 0) is 7.05 Å². The van der Waals surface area contributed by atoms with Gasteiger partial charge in [-0.2, -0.15) is 0 Å². The van der Waals surface area contributed by atoms with E-state index in [1.165, 1.54) is 19.2 Å². The first-order chi connectivity index (χ1) is 7.50. The summed E-state index contributed by atoms with van der Waals surface area (Å²) in [6.07, 6.45) is 0. The number of hydrogen-bond donors (Lipinski definition) is 1. The van der Waals surface area contributed by atoms with Crippen LogP contribution >= 0.6 is 0 Å². The third kappa shape index (κ3) is 1.38. The number of aromatic amines is 1. The number of H-pyrrole nitrogens is 1. The lowest BCUT2D eigenvalue weighted by Gasteiger charge is -2.00. The molecular weight excluding hydrogens is 214 g/mol. The molecule has 0 bridgehead atoms. The van der Waals surface area contributed by atoms with Gasteiger partial charge in [0.15, 0.2) is 0 Å². The second-order valence-corrected chi connectivity index (χ2v) is 3.28. The van der Waals surface area contributed by atoms with Gasteiger partial charge in [0.2, 0.25) is 0 Å². The van der Waals surface area contributed by atoms with E-state index in [0.29, 0.717) is 5.52 Å². The molecule has 1 N–H and O–H groups in total. The van der Waals surface area contributed by atoms with Crippen molar-refractivity contribution in [2.75, 3.05) is 0 Å². The zero-order chi connectivity index (χ0) is 11.9. The highest BCUT2D eigenvalue weighted by Gasteiger charge is 2.10. The van der Waals surface area contributed by atoms with Crippen LogP contribution in [0.1, 0.15) is 0 Å². The highest BCUT2D eigenvalue weighted by Crippen LogP contribution is 2.15. The zero-order valence-electron chi connectivity index (χ0n) is 8.26. The Hall–Kier alpha value is -2.44. The first-order valence-corrected chi connectivity index (χ1v) is 4.38. The van der Waals surface area contributed by atoms with Gasteiger partial charge in [-0.15, -0.1) is 0 Å². The lowest BCUT2D eigenvalue weighted by atomic mass is 10.2. The minimum atomic E-state index is -0.593. The number of nitrogens with one attached hydrogen (secondary N) is 1. The van der Waals surface area contributed by atoms with Crippen molar-refractivity contribution in [3.63, 3.8) is 0 Å². The van der Waals surface area contributed by atoms with E-state index < -0.39 is 16.2 Å². The van der Waals surface area contributed by atoms with E-state index in [1.807, 2.05) is 0 Å². The number of non-ortho nitro benzene ring substituents is 1. The minimum absolute atomic E-state index is 0.122. The number of nitrogens with zero attached hydrogens (tertiary/aromatic N) is 2. The van der Waals surface area contributed by atoms with Gasteiger partial charge < -0.3 is 4.98 Å². The van der Waals surface area contributed by atoms with Crippen LogP contribution in [0.3, 0.4) is 0 Å². The van der Waals surface area contributed by atoms with E-state index in [-0.39, 0.29) is 11.1 Å². The van der Waals surface area contributed by atoms with Crippen LogP contribution in [0.5, 0.6) is 0 Å². The Morgan fingerprint density at radius 1 is 1.38 bits per heavy atom. The topological polar surface area (TPSA) is 98.0 Å². The van der Waals surface area contributed by atoms with Crippen molar-refractivity contribution in [3.05, 3.63) is 49.2 Å². The van der Waals surface area contributed by atoms with Gasteiger partial charge in [0.25, 0.3) is 11.2 Å². The molecule has 0 fully saturated rings. The molecule has 2 aromatic rings. The largest absolute Gasteiger partial charge is 0.328 e. The molecule has 0 aliphatic heterocycles. The first kappa shape index (κ1) is 10.1. The van der Waals surface area contributed by atoms with Crippen LogP contribution in [0.2, 0.25) is 0 Å². The third-order valence-electron chi connectivity index (χ3n) is 2.30. The Bertz CT molecular complexity index is 698. The monoisotopic (exact) mass is 221 g/mol. The summed E-state index contributed by atoms with van der Waals surface area (Å²) in [4.78, 5) is 35.3. The lowest BCUT2D eigenvalue weighted by molar-refractivity contribution is -0.384. The normalized spacial score (nSPS) is 10.6. The van der Waals surface area contributed by atoms with Crippen molar-refractivity contribution in [2.45, 2.75) is 0 Å². The molecule has 0 aliphatic rings. The Labute approximate surface area is 88.1 Å². The molecule has 1 heterocycles. The van der Waals surface area contributed by atoms with Crippen molar-refractivity contribution in [2.24, 2.45) is 7.05 Å². The van der Waals surface area contributed by atoms with Gasteiger partial charge in [0.05, 0.1) is 15.8 Å². The number of benzene rings is 1. The van der Waals surface area contributed by atoms with Gasteiger partial charge in [-0.05, 0) is 6.07 Å². The molecule has 0 atom stereocenters. The molecule has 0 saturated heterocycles. The molecule has 82 valence electrons. The summed E-state index contributed by atoms with van der Waals surface area (Å²) in [5, 5.41) is 10.7. The maximum absolute atomic E-state index is 11.6. The molecule has 7 nitrogen and oxygen atoms in total. The summed E-state index contributed by atoms with van der Waals surface area (Å²) in [6, 6.07) is 3.72. The van der Waals surface area contributed by atoms with Crippen LogP contribution in [0.4, 0.5) is 5.69 Å². The summed E-state index contributed by atoms with van der Waals surface area (Å²) >= 11 is 0. The fourth-order valence-corrected chi connectivity index (χ4v) is 1.40. The van der Waals surface area contributed by atoms with Gasteiger partial charge in [-0.1, -0.05) is 0 Å². The maximum Gasteiger partial charge on any atom is 0.328 e. The molecule has 0 aliphatic carbocycles. The second kappa shape index (κ2) is 3.30. The molecule has 0 radical (unpaired) electrons. The van der Waals surface area contributed by atoms with E-state index in [4.69, 9.17) is 0 Å². The highest BCUT2D eigenvalue weighted by atomic mass is 16.6. The highest BCUT2D eigenvalue weighted by molar-refractivity contribution is 5.79. The number of fused-ring (bicyclic) bond motifs is 1. The van der Waals surface area contributed by atoms with E-state index in [2.05, 4.69) is 4.98 Å². The quantitative estimate of drug-likeness (QED) is 0.546. The van der Waals surface area contributed by atoms with E-state index in [1.54, 1.807) is 0 Å². The molecule has 0 spiro atoms. The smallest absolute Gasteiger partial charge is 0.307 e. The van der Waals surface area contributed by atoms with E-state index >= 15 is 0 Å². The third-order valence-corrected chi connectivity index (χ3v) is 2.30. The molecule has 7 heteroatoms. The van der Waals surface area contributed by atoms with Crippen molar-refractivity contribution in [3.8, 4) is 0 Å². The van der Waals surface area contributed by atoms with Crippen molar-refractivity contribution in [1.29, 1.82) is 0 Å². The fraction of sp³-hybridized carbons (Fsp3) is 0.111. The predicted molar refractivity (Wildman–Crippen MR) is 56.5 cm³/mol. The predicted octanol–water partition coefficient (Wildman–Crippen LogP) is 0.135. The number of nitro groups is 1. The molecule has 0 unspecified atom stereocenters. The number of aromatic nitrogens is 2. The van der Waals surface area contributed by atoms with Gasteiger partial charge in [0.1, 0.15) is 0 Å². The molecule has 0 amide bonds. The van der Waals surface area contributed by atoms with Crippen molar-refractivity contribution < 1.29 is 4.92 Å². The van der Waals surface area contributed by atoms with Crippen LogP contribution < -0.4 is 11.2 Å². The van der Waals surface area contributed by atoms with Crippen molar-refractivity contribution >= 4 is 16.6 Å². The SMILES string of the molecule is Cn1c(=O)[nH]c2ccc([N+](=O)[O-])cc2c1=O.